The van der Waals surface area contributed by atoms with Gasteiger partial charge in [0.25, 0.3) is 0 Å². The van der Waals surface area contributed by atoms with Crippen molar-refractivity contribution in [2.75, 3.05) is 5.75 Å². The lowest BCUT2D eigenvalue weighted by molar-refractivity contribution is -0.131. The van der Waals surface area contributed by atoms with Crippen molar-refractivity contribution in [1.29, 1.82) is 0 Å². The van der Waals surface area contributed by atoms with Crippen LogP contribution in [-0.4, -0.2) is 16.8 Å². The fraction of sp³-hybridized carbons (Fsp3) is 0.300. The molecule has 0 bridgehead atoms. The molecule has 0 fully saturated rings. The van der Waals surface area contributed by atoms with E-state index in [0.29, 0.717) is 16.7 Å². The highest BCUT2D eigenvalue weighted by molar-refractivity contribution is 7.98. The zero-order valence-electron chi connectivity index (χ0n) is 8.20. The zero-order chi connectivity index (χ0) is 11.3. The minimum Gasteiger partial charge on any atom is -0.478 e. The lowest BCUT2D eigenvalue weighted by atomic mass is 10.3. The van der Waals surface area contributed by atoms with Crippen LogP contribution in [0.4, 0.5) is 0 Å². The quantitative estimate of drug-likeness (QED) is 0.811. The second-order valence-electron chi connectivity index (χ2n) is 3.03. The molecule has 5 heteroatoms. The molecular weight excluding hydrogens is 236 g/mol. The van der Waals surface area contributed by atoms with Gasteiger partial charge in [0.2, 0.25) is 0 Å². The van der Waals surface area contributed by atoms with Gasteiger partial charge in [0.1, 0.15) is 5.76 Å². The van der Waals surface area contributed by atoms with E-state index in [9.17, 15) is 4.79 Å². The van der Waals surface area contributed by atoms with Gasteiger partial charge in [-0.25, -0.2) is 4.79 Å². The fourth-order valence-electron chi connectivity index (χ4n) is 0.994. The van der Waals surface area contributed by atoms with Crippen molar-refractivity contribution >= 4 is 29.3 Å². The smallest absolute Gasteiger partial charge is 0.328 e. The van der Waals surface area contributed by atoms with Gasteiger partial charge in [-0.15, -0.1) is 11.8 Å². The van der Waals surface area contributed by atoms with Gasteiger partial charge in [-0.05, 0) is 30.7 Å². The first-order valence-corrected chi connectivity index (χ1v) is 5.83. The number of carboxylic acid groups (broad SMARTS) is 1. The van der Waals surface area contributed by atoms with Gasteiger partial charge >= 0.3 is 5.97 Å². The summed E-state index contributed by atoms with van der Waals surface area (Å²) in [5.41, 5.74) is 0.824. The van der Waals surface area contributed by atoms with Crippen molar-refractivity contribution in [3.05, 3.63) is 34.8 Å². The predicted molar refractivity (Wildman–Crippen MR) is 61.3 cm³/mol. The van der Waals surface area contributed by atoms with Gasteiger partial charge in [0, 0.05) is 11.8 Å². The maximum Gasteiger partial charge on any atom is 0.328 e. The molecule has 1 N–H and O–H groups in total. The average Bonchev–Trinajstić information content (AvgIpc) is 2.50. The number of hydrogen-bond acceptors (Lipinski definition) is 3. The number of rotatable bonds is 5. The largest absolute Gasteiger partial charge is 0.478 e. The van der Waals surface area contributed by atoms with E-state index < -0.39 is 5.97 Å². The number of carboxylic acids is 1. The summed E-state index contributed by atoms with van der Waals surface area (Å²) in [6.07, 6.45) is 1.21. The summed E-state index contributed by atoms with van der Waals surface area (Å²) >= 11 is 7.19. The van der Waals surface area contributed by atoms with Crippen LogP contribution in [0.2, 0.25) is 5.22 Å². The molecule has 0 saturated heterocycles. The Hall–Kier alpha value is -0.870. The predicted octanol–water partition coefficient (Wildman–Crippen LogP) is 3.20. The highest BCUT2D eigenvalue weighted by atomic mass is 35.5. The fourth-order valence-corrected chi connectivity index (χ4v) is 2.02. The van der Waals surface area contributed by atoms with Crippen molar-refractivity contribution in [3.63, 3.8) is 0 Å². The molecule has 1 rings (SSSR count). The minimum atomic E-state index is -0.908. The number of aliphatic carboxylic acids is 1. The van der Waals surface area contributed by atoms with Crippen LogP contribution in [0.1, 0.15) is 12.7 Å². The molecule has 0 amide bonds. The summed E-state index contributed by atoms with van der Waals surface area (Å²) < 4.78 is 5.16. The Morgan fingerprint density at radius 1 is 1.67 bits per heavy atom. The first-order chi connectivity index (χ1) is 7.08. The molecule has 1 heterocycles. The van der Waals surface area contributed by atoms with Gasteiger partial charge in [-0.1, -0.05) is 5.57 Å². The Balaban J connectivity index is 2.30. The summed E-state index contributed by atoms with van der Waals surface area (Å²) in [6.45, 7) is 1.79. The third kappa shape index (κ3) is 4.95. The number of furan rings is 1. The van der Waals surface area contributed by atoms with Crippen molar-refractivity contribution < 1.29 is 14.3 Å². The van der Waals surface area contributed by atoms with Crippen LogP contribution in [0.15, 0.2) is 28.2 Å². The van der Waals surface area contributed by atoms with Gasteiger partial charge in [0.15, 0.2) is 5.22 Å². The molecule has 0 aromatic carbocycles. The Kier molecular flexibility index (Phi) is 4.78. The van der Waals surface area contributed by atoms with Gasteiger partial charge < -0.3 is 9.52 Å². The number of carbonyl (C=O) groups is 1. The Morgan fingerprint density at radius 3 is 2.93 bits per heavy atom. The lowest BCUT2D eigenvalue weighted by Crippen LogP contribution is -1.92. The standard InChI is InChI=1S/C10H11ClO3S/c1-7(4-10(12)13)5-15-6-8-2-3-9(11)14-8/h2-4H,5-6H2,1H3,(H,12,13)/b7-4+. The van der Waals surface area contributed by atoms with E-state index in [1.165, 1.54) is 6.08 Å². The summed E-state index contributed by atoms with van der Waals surface area (Å²) in [6, 6.07) is 3.50. The highest BCUT2D eigenvalue weighted by Crippen LogP contribution is 2.19. The van der Waals surface area contributed by atoms with Crippen molar-refractivity contribution in [2.45, 2.75) is 12.7 Å². The molecule has 0 spiro atoms. The Morgan fingerprint density at radius 2 is 2.40 bits per heavy atom. The maximum atomic E-state index is 10.3. The maximum absolute atomic E-state index is 10.3. The van der Waals surface area contributed by atoms with Crippen LogP contribution in [0.3, 0.4) is 0 Å². The molecule has 1 aromatic rings. The molecule has 0 unspecified atom stereocenters. The monoisotopic (exact) mass is 246 g/mol. The third-order valence-corrected chi connectivity index (χ3v) is 2.92. The van der Waals surface area contributed by atoms with Crippen LogP contribution in [0.25, 0.3) is 0 Å². The Labute approximate surface area is 97.1 Å². The molecule has 0 atom stereocenters. The summed E-state index contributed by atoms with van der Waals surface area (Å²) in [5.74, 6) is 1.25. The molecule has 0 radical (unpaired) electrons. The van der Waals surface area contributed by atoms with Gasteiger partial charge in [0.05, 0.1) is 5.75 Å². The summed E-state index contributed by atoms with van der Waals surface area (Å²) in [4.78, 5) is 10.3. The van der Waals surface area contributed by atoms with Gasteiger partial charge in [-0.2, -0.15) is 0 Å². The SMILES string of the molecule is C/C(=C\C(=O)O)CSCc1ccc(Cl)o1. The van der Waals surface area contributed by atoms with E-state index in [1.54, 1.807) is 24.8 Å². The third-order valence-electron chi connectivity index (χ3n) is 1.57. The first-order valence-electron chi connectivity index (χ1n) is 4.30. The molecule has 0 aliphatic heterocycles. The number of hydrogen-bond donors (Lipinski definition) is 1. The zero-order valence-corrected chi connectivity index (χ0v) is 9.77. The molecule has 0 aliphatic carbocycles. The van der Waals surface area contributed by atoms with Crippen LogP contribution in [0.5, 0.6) is 0 Å². The van der Waals surface area contributed by atoms with E-state index in [-0.39, 0.29) is 0 Å². The molecule has 0 aliphatic rings. The summed E-state index contributed by atoms with van der Waals surface area (Å²) in [5, 5.41) is 8.86. The molecule has 0 saturated carbocycles. The summed E-state index contributed by atoms with van der Waals surface area (Å²) in [7, 11) is 0. The second-order valence-corrected chi connectivity index (χ2v) is 4.39. The van der Waals surface area contributed by atoms with Crippen LogP contribution < -0.4 is 0 Å². The molecular formula is C10H11ClO3S. The van der Waals surface area contributed by atoms with Crippen LogP contribution in [0, 0.1) is 0 Å². The van der Waals surface area contributed by atoms with Crippen LogP contribution in [-0.2, 0) is 10.5 Å². The first kappa shape index (κ1) is 12.2. The van der Waals surface area contributed by atoms with Crippen molar-refractivity contribution in [3.8, 4) is 0 Å². The molecule has 3 nitrogen and oxygen atoms in total. The lowest BCUT2D eigenvalue weighted by Gasteiger charge is -1.98. The van der Waals surface area contributed by atoms with Gasteiger partial charge in [-0.3, -0.25) is 0 Å². The van der Waals surface area contributed by atoms with E-state index in [4.69, 9.17) is 21.1 Å². The molecule has 1 aromatic heterocycles. The molecule has 15 heavy (non-hydrogen) atoms. The highest BCUT2D eigenvalue weighted by Gasteiger charge is 2.00. The normalized spacial score (nSPS) is 11.7. The topological polar surface area (TPSA) is 50.4 Å². The average molecular weight is 247 g/mol. The van der Waals surface area contributed by atoms with Crippen molar-refractivity contribution in [1.82, 2.24) is 0 Å². The number of thioether (sulfide) groups is 1. The molecule has 82 valence electrons. The van der Waals surface area contributed by atoms with Crippen LogP contribution >= 0.6 is 23.4 Å². The van der Waals surface area contributed by atoms with Crippen molar-refractivity contribution in [2.24, 2.45) is 0 Å². The van der Waals surface area contributed by atoms with E-state index in [1.807, 2.05) is 6.07 Å². The van der Waals surface area contributed by atoms with E-state index >= 15 is 0 Å². The number of halogens is 1. The van der Waals surface area contributed by atoms with E-state index in [2.05, 4.69) is 0 Å². The Bertz CT molecular complexity index is 370. The van der Waals surface area contributed by atoms with E-state index in [0.717, 1.165) is 11.3 Å². The second kappa shape index (κ2) is 5.88. The minimum absolute atomic E-state index is 0.378.